The van der Waals surface area contributed by atoms with Crippen molar-refractivity contribution < 1.29 is 18.0 Å². The van der Waals surface area contributed by atoms with Gasteiger partial charge >= 0.3 is 11.9 Å². The minimum atomic E-state index is -4.65. The molecule has 0 radical (unpaired) electrons. The fourth-order valence-corrected chi connectivity index (χ4v) is 2.70. The van der Waals surface area contributed by atoms with E-state index >= 15 is 0 Å². The number of nitrogens with one attached hydrogen (secondary N) is 2. The van der Waals surface area contributed by atoms with Crippen LogP contribution in [0, 0.1) is 0 Å². The number of benzene rings is 2. The molecule has 2 aromatic carbocycles. The Hall–Kier alpha value is -3.33. The van der Waals surface area contributed by atoms with Crippen LogP contribution in [-0.2, 0) is 12.7 Å². The maximum absolute atomic E-state index is 12.9. The number of aromatic nitrogens is 2. The summed E-state index contributed by atoms with van der Waals surface area (Å²) in [5, 5.41) is 3.03. The maximum Gasteiger partial charge on any atom is 0.416 e. The number of amides is 1. The van der Waals surface area contributed by atoms with Gasteiger partial charge in [-0.3, -0.25) is 9.59 Å². The Bertz CT molecular complexity index is 1170. The van der Waals surface area contributed by atoms with Gasteiger partial charge in [0.1, 0.15) is 5.56 Å². The van der Waals surface area contributed by atoms with Crippen molar-refractivity contribution in [3.05, 3.63) is 97.3 Å². The van der Waals surface area contributed by atoms with Gasteiger partial charge in [0.05, 0.1) is 11.3 Å². The third-order valence-electron chi connectivity index (χ3n) is 4.02. The molecule has 0 fully saturated rings. The monoisotopic (exact) mass is 423 g/mol. The van der Waals surface area contributed by atoms with Crippen LogP contribution >= 0.6 is 11.6 Å². The molecule has 150 valence electrons. The zero-order chi connectivity index (χ0) is 21.2. The van der Waals surface area contributed by atoms with Crippen LogP contribution < -0.4 is 16.6 Å². The van der Waals surface area contributed by atoms with Gasteiger partial charge < -0.3 is 10.3 Å². The molecule has 0 aliphatic carbocycles. The third kappa shape index (κ3) is 4.57. The molecule has 0 spiro atoms. The second-order valence-electron chi connectivity index (χ2n) is 6.01. The number of hydrogen-bond acceptors (Lipinski definition) is 3. The van der Waals surface area contributed by atoms with Gasteiger partial charge in [0, 0.05) is 17.8 Å². The highest BCUT2D eigenvalue weighted by atomic mass is 35.5. The topological polar surface area (TPSA) is 84.0 Å². The van der Waals surface area contributed by atoms with Gasteiger partial charge in [-0.2, -0.15) is 13.2 Å². The number of nitrogens with zero attached hydrogens (tertiary/aromatic N) is 1. The van der Waals surface area contributed by atoms with E-state index in [1.807, 2.05) is 0 Å². The summed E-state index contributed by atoms with van der Waals surface area (Å²) in [4.78, 5) is 39.3. The smallest absolute Gasteiger partial charge is 0.348 e. The third-order valence-corrected chi connectivity index (χ3v) is 4.27. The lowest BCUT2D eigenvalue weighted by Crippen LogP contribution is -2.39. The molecule has 0 bridgehead atoms. The van der Waals surface area contributed by atoms with Crippen molar-refractivity contribution in [2.45, 2.75) is 12.7 Å². The highest BCUT2D eigenvalue weighted by molar-refractivity contribution is 6.30. The molecule has 1 aromatic heterocycles. The van der Waals surface area contributed by atoms with Crippen molar-refractivity contribution in [1.82, 2.24) is 14.9 Å². The number of carbonyl (C=O) groups is 1. The molecule has 1 heterocycles. The summed E-state index contributed by atoms with van der Waals surface area (Å²) < 4.78 is 39.3. The van der Waals surface area contributed by atoms with E-state index in [2.05, 4.69) is 10.3 Å². The highest BCUT2D eigenvalue weighted by Gasteiger charge is 2.30. The first kappa shape index (κ1) is 20.4. The summed E-state index contributed by atoms with van der Waals surface area (Å²) in [6.45, 7) is 0.0815. The van der Waals surface area contributed by atoms with Crippen molar-refractivity contribution >= 4 is 17.5 Å². The first-order chi connectivity index (χ1) is 13.7. The van der Waals surface area contributed by atoms with Gasteiger partial charge in [0.15, 0.2) is 0 Å². The van der Waals surface area contributed by atoms with Crippen LogP contribution in [0.25, 0.3) is 5.69 Å². The average Bonchev–Trinajstić information content (AvgIpc) is 2.67. The van der Waals surface area contributed by atoms with Crippen molar-refractivity contribution in [2.75, 3.05) is 0 Å². The Morgan fingerprint density at radius 2 is 1.79 bits per heavy atom. The van der Waals surface area contributed by atoms with E-state index in [0.29, 0.717) is 21.2 Å². The number of rotatable bonds is 4. The Morgan fingerprint density at radius 1 is 1.10 bits per heavy atom. The Labute approximate surface area is 166 Å². The summed E-state index contributed by atoms with van der Waals surface area (Å²) in [5.74, 6) is -0.790. The van der Waals surface area contributed by atoms with E-state index in [0.717, 1.165) is 18.3 Å². The standard InChI is InChI=1S/C19H13ClF3N3O3/c20-13-6-4-11(5-7-13)9-24-16(27)15-10-25-18(29)26(17(15)28)14-3-1-2-12(8-14)19(21,22)23/h1-8,10H,9H2,(H,24,27)(H,25,29). The van der Waals surface area contributed by atoms with Crippen molar-refractivity contribution in [3.8, 4) is 5.69 Å². The van der Waals surface area contributed by atoms with Crippen LogP contribution in [-0.4, -0.2) is 15.5 Å². The van der Waals surface area contributed by atoms with Crippen LogP contribution in [0.15, 0.2) is 64.3 Å². The molecule has 0 unspecified atom stereocenters. The Morgan fingerprint density at radius 3 is 2.45 bits per heavy atom. The van der Waals surface area contributed by atoms with Gasteiger partial charge in [-0.05, 0) is 35.9 Å². The van der Waals surface area contributed by atoms with Crippen LogP contribution in [0.2, 0.25) is 5.02 Å². The number of hydrogen-bond donors (Lipinski definition) is 2. The SMILES string of the molecule is O=C(NCc1ccc(Cl)cc1)c1c[nH]c(=O)n(-c2cccc(C(F)(F)F)c2)c1=O. The number of aromatic amines is 1. The van der Waals surface area contributed by atoms with E-state index in [9.17, 15) is 27.6 Å². The largest absolute Gasteiger partial charge is 0.416 e. The van der Waals surface area contributed by atoms with E-state index in [1.54, 1.807) is 24.3 Å². The zero-order valence-corrected chi connectivity index (χ0v) is 15.3. The summed E-state index contributed by atoms with van der Waals surface area (Å²) in [6.07, 6.45) is -3.73. The summed E-state index contributed by atoms with van der Waals surface area (Å²) in [6, 6.07) is 10.3. The first-order valence-electron chi connectivity index (χ1n) is 8.22. The van der Waals surface area contributed by atoms with Gasteiger partial charge in [0.2, 0.25) is 0 Å². The van der Waals surface area contributed by atoms with E-state index in [-0.39, 0.29) is 12.2 Å². The van der Waals surface area contributed by atoms with Crippen molar-refractivity contribution in [1.29, 1.82) is 0 Å². The number of H-pyrrole nitrogens is 1. The van der Waals surface area contributed by atoms with Gasteiger partial charge in [-0.15, -0.1) is 0 Å². The molecule has 0 aliphatic rings. The fraction of sp³-hybridized carbons (Fsp3) is 0.105. The van der Waals surface area contributed by atoms with E-state index in [4.69, 9.17) is 11.6 Å². The first-order valence-corrected chi connectivity index (χ1v) is 8.59. The fourth-order valence-electron chi connectivity index (χ4n) is 2.57. The van der Waals surface area contributed by atoms with Crippen LogP contribution in [0.4, 0.5) is 13.2 Å². The van der Waals surface area contributed by atoms with E-state index < -0.39 is 34.5 Å². The molecule has 0 saturated carbocycles. The molecular weight excluding hydrogens is 411 g/mol. The summed E-state index contributed by atoms with van der Waals surface area (Å²) >= 11 is 5.79. The van der Waals surface area contributed by atoms with Crippen LogP contribution in [0.5, 0.6) is 0 Å². The second kappa shape index (κ2) is 7.96. The molecule has 29 heavy (non-hydrogen) atoms. The summed E-state index contributed by atoms with van der Waals surface area (Å²) in [7, 11) is 0. The number of carbonyl (C=O) groups excluding carboxylic acids is 1. The zero-order valence-electron chi connectivity index (χ0n) is 14.6. The highest BCUT2D eigenvalue weighted by Crippen LogP contribution is 2.29. The molecule has 1 amide bonds. The van der Waals surface area contributed by atoms with Gasteiger partial charge in [0.25, 0.3) is 11.5 Å². The Balaban J connectivity index is 1.93. The van der Waals surface area contributed by atoms with Gasteiger partial charge in [-0.25, -0.2) is 9.36 Å². The molecule has 10 heteroatoms. The molecule has 3 rings (SSSR count). The summed E-state index contributed by atoms with van der Waals surface area (Å²) in [5.41, 5.74) is -3.05. The Kier molecular flexibility index (Phi) is 5.60. The lowest BCUT2D eigenvalue weighted by molar-refractivity contribution is -0.137. The van der Waals surface area contributed by atoms with Crippen molar-refractivity contribution in [3.63, 3.8) is 0 Å². The average molecular weight is 424 g/mol. The molecule has 6 nitrogen and oxygen atoms in total. The minimum absolute atomic E-state index is 0.0815. The second-order valence-corrected chi connectivity index (χ2v) is 6.44. The predicted molar refractivity (Wildman–Crippen MR) is 100 cm³/mol. The lowest BCUT2D eigenvalue weighted by atomic mass is 10.2. The molecule has 0 saturated heterocycles. The maximum atomic E-state index is 12.9. The lowest BCUT2D eigenvalue weighted by Gasteiger charge is -2.11. The molecule has 3 aromatic rings. The molecule has 0 atom stereocenters. The minimum Gasteiger partial charge on any atom is -0.348 e. The number of halogens is 4. The van der Waals surface area contributed by atoms with Crippen molar-refractivity contribution in [2.24, 2.45) is 0 Å². The van der Waals surface area contributed by atoms with E-state index in [1.165, 1.54) is 6.07 Å². The number of alkyl halides is 3. The molecular formula is C19H13ClF3N3O3. The van der Waals surface area contributed by atoms with Crippen LogP contribution in [0.3, 0.4) is 0 Å². The predicted octanol–water partition coefficient (Wildman–Crippen LogP) is 3.13. The molecule has 2 N–H and O–H groups in total. The van der Waals surface area contributed by atoms with Crippen LogP contribution in [0.1, 0.15) is 21.5 Å². The quantitative estimate of drug-likeness (QED) is 0.676. The normalized spacial score (nSPS) is 11.3. The van der Waals surface area contributed by atoms with Gasteiger partial charge in [-0.1, -0.05) is 29.8 Å². The molecule has 0 aliphatic heterocycles.